The smallest absolute Gasteiger partial charge is 0.178 e. The van der Waals surface area contributed by atoms with Gasteiger partial charge in [-0.3, -0.25) is 14.5 Å². The van der Waals surface area contributed by atoms with Gasteiger partial charge in [0.1, 0.15) is 12.8 Å². The molecule has 1 aromatic rings. The second-order valence-electron chi connectivity index (χ2n) is 13.0. The number of aliphatic hydroxyl groups excluding tert-OH is 2. The first-order chi connectivity index (χ1) is 17.9. The molecule has 1 heterocycles. The van der Waals surface area contributed by atoms with Crippen molar-refractivity contribution in [2.24, 2.45) is 34.0 Å². The predicted octanol–water partition coefficient (Wildman–Crippen LogP) is 3.90. The van der Waals surface area contributed by atoms with Gasteiger partial charge in [0.25, 0.3) is 0 Å². The molecule has 9 atom stereocenters. The summed E-state index contributed by atoms with van der Waals surface area (Å²) in [4.78, 5) is 28.0. The van der Waals surface area contributed by atoms with Gasteiger partial charge in [-0.15, -0.1) is 0 Å². The minimum Gasteiger partial charge on any atom is -0.390 e. The molecule has 0 amide bonds. The standard InChI is InChI=1S/C31H37F2NO4/c1-18-4-6-19(7-5-18)14-34-15-20-10-22-23-12-25(32)24-11-21(36)8-9-28(24,2)31(23,33)26(37)13-29(22,3)30(20,17-34)27(38)16-35/h4-9,11,20,22-23,25-26,35,37H,10,12-17H2,1-3H3/t20-,22-,23-,25-,26-,28-,29-,30-,31-/m0/s1. The van der Waals surface area contributed by atoms with Gasteiger partial charge in [-0.1, -0.05) is 42.8 Å². The molecule has 5 aliphatic rings. The van der Waals surface area contributed by atoms with Gasteiger partial charge in [0, 0.05) is 31.0 Å². The highest BCUT2D eigenvalue weighted by atomic mass is 19.1. The number of fused-ring (bicyclic) bond motifs is 7. The van der Waals surface area contributed by atoms with Crippen LogP contribution in [0, 0.1) is 40.9 Å². The van der Waals surface area contributed by atoms with Crippen LogP contribution >= 0.6 is 0 Å². The Bertz CT molecular complexity index is 1240. The lowest BCUT2D eigenvalue weighted by atomic mass is 9.43. The molecule has 4 fully saturated rings. The number of benzene rings is 1. The third kappa shape index (κ3) is 3.12. The van der Waals surface area contributed by atoms with E-state index in [2.05, 4.69) is 29.2 Å². The molecule has 4 aliphatic carbocycles. The van der Waals surface area contributed by atoms with Crippen LogP contribution in [0.1, 0.15) is 44.2 Å². The highest BCUT2D eigenvalue weighted by Crippen LogP contribution is 2.74. The molecule has 3 saturated carbocycles. The number of carbonyl (C=O) groups excluding carboxylic acids is 2. The number of likely N-dealkylation sites (tertiary alicyclic amines) is 1. The number of hydrogen-bond donors (Lipinski definition) is 2. The van der Waals surface area contributed by atoms with Crippen molar-refractivity contribution in [3.8, 4) is 0 Å². The van der Waals surface area contributed by atoms with Crippen LogP contribution in [0.25, 0.3) is 0 Å². The number of allylic oxidation sites excluding steroid dienone is 4. The second kappa shape index (κ2) is 8.39. The molecule has 0 aromatic heterocycles. The normalized spacial score (nSPS) is 45.7. The van der Waals surface area contributed by atoms with Gasteiger partial charge in [0.05, 0.1) is 11.5 Å². The highest BCUT2D eigenvalue weighted by Gasteiger charge is 2.78. The zero-order valence-corrected chi connectivity index (χ0v) is 22.3. The van der Waals surface area contributed by atoms with Crippen molar-refractivity contribution in [1.29, 1.82) is 0 Å². The van der Waals surface area contributed by atoms with E-state index < -0.39 is 46.7 Å². The number of aryl methyl sites for hydroxylation is 1. The van der Waals surface area contributed by atoms with Gasteiger partial charge in [0.2, 0.25) is 0 Å². The van der Waals surface area contributed by atoms with Gasteiger partial charge in [0.15, 0.2) is 17.2 Å². The molecule has 5 nitrogen and oxygen atoms in total. The second-order valence-corrected chi connectivity index (χ2v) is 13.0. The maximum atomic E-state index is 17.5. The van der Waals surface area contributed by atoms with E-state index in [0.717, 1.165) is 5.56 Å². The quantitative estimate of drug-likeness (QED) is 0.624. The van der Waals surface area contributed by atoms with Crippen LogP contribution in [0.2, 0.25) is 0 Å². The molecular weight excluding hydrogens is 488 g/mol. The molecule has 0 unspecified atom stereocenters. The average molecular weight is 526 g/mol. The molecule has 0 spiro atoms. The van der Waals surface area contributed by atoms with Gasteiger partial charge >= 0.3 is 0 Å². The summed E-state index contributed by atoms with van der Waals surface area (Å²) < 4.78 is 33.2. The zero-order chi connectivity index (χ0) is 27.3. The van der Waals surface area contributed by atoms with E-state index in [1.54, 1.807) is 6.92 Å². The minimum atomic E-state index is -2.16. The van der Waals surface area contributed by atoms with Crippen molar-refractivity contribution in [2.75, 3.05) is 19.7 Å². The van der Waals surface area contributed by atoms with Crippen molar-refractivity contribution in [1.82, 2.24) is 4.90 Å². The summed E-state index contributed by atoms with van der Waals surface area (Å²) in [5.41, 5.74) is -2.93. The summed E-state index contributed by atoms with van der Waals surface area (Å²) in [6.07, 6.45) is 1.45. The van der Waals surface area contributed by atoms with Crippen LogP contribution in [-0.4, -0.2) is 64.3 Å². The number of nitrogens with zero attached hydrogens (tertiary/aromatic N) is 1. The number of alkyl halides is 2. The van der Waals surface area contributed by atoms with E-state index in [-0.39, 0.29) is 41.8 Å². The summed E-state index contributed by atoms with van der Waals surface area (Å²) >= 11 is 0. The number of hydrogen-bond acceptors (Lipinski definition) is 5. The molecule has 1 aliphatic heterocycles. The molecule has 204 valence electrons. The van der Waals surface area contributed by atoms with E-state index in [1.165, 1.54) is 23.8 Å². The van der Waals surface area contributed by atoms with Crippen LogP contribution < -0.4 is 0 Å². The Morgan fingerprint density at radius 3 is 2.55 bits per heavy atom. The first-order valence-electron chi connectivity index (χ1n) is 13.8. The zero-order valence-electron chi connectivity index (χ0n) is 22.3. The first kappa shape index (κ1) is 26.0. The fourth-order valence-electron chi connectivity index (χ4n) is 9.59. The Kier molecular flexibility index (Phi) is 5.75. The topological polar surface area (TPSA) is 77.8 Å². The molecule has 7 heteroatoms. The highest BCUT2D eigenvalue weighted by molar-refractivity contribution is 6.01. The molecule has 1 saturated heterocycles. The van der Waals surface area contributed by atoms with Crippen molar-refractivity contribution < 1.29 is 28.6 Å². The fourth-order valence-corrected chi connectivity index (χ4v) is 9.59. The lowest BCUT2D eigenvalue weighted by Crippen LogP contribution is -2.69. The Hall–Kier alpha value is -2.22. The SMILES string of the molecule is Cc1ccc(CN2C[C@@H]3C[C@H]4[C@@H]5C[C@H](F)C6=CC(=O)C=C[C@]6(C)[C@@]5(F)[C@@H](O)C[C@]4(C)[C@@]3(C(=O)CO)C2)cc1. The van der Waals surface area contributed by atoms with Crippen LogP contribution in [0.15, 0.2) is 48.1 Å². The summed E-state index contributed by atoms with van der Waals surface area (Å²) in [6.45, 7) is 6.70. The maximum absolute atomic E-state index is 17.5. The lowest BCUT2D eigenvalue weighted by molar-refractivity contribution is -0.212. The van der Waals surface area contributed by atoms with E-state index in [0.29, 0.717) is 26.1 Å². The molecule has 0 radical (unpaired) electrons. The average Bonchev–Trinajstić information content (AvgIpc) is 3.35. The third-order valence-electron chi connectivity index (χ3n) is 11.4. The fraction of sp³-hybridized carbons (Fsp3) is 0.613. The van der Waals surface area contributed by atoms with Crippen molar-refractivity contribution in [3.63, 3.8) is 0 Å². The molecule has 6 rings (SSSR count). The summed E-state index contributed by atoms with van der Waals surface area (Å²) in [5.74, 6) is -1.90. The van der Waals surface area contributed by atoms with E-state index >= 15 is 8.78 Å². The predicted molar refractivity (Wildman–Crippen MR) is 138 cm³/mol. The Morgan fingerprint density at radius 2 is 1.87 bits per heavy atom. The van der Waals surface area contributed by atoms with E-state index in [1.807, 2.05) is 13.8 Å². The lowest BCUT2D eigenvalue weighted by Gasteiger charge is -2.63. The third-order valence-corrected chi connectivity index (χ3v) is 11.4. The monoisotopic (exact) mass is 525 g/mol. The summed E-state index contributed by atoms with van der Waals surface area (Å²) in [5, 5.41) is 21.8. The Morgan fingerprint density at radius 1 is 1.16 bits per heavy atom. The number of carbonyl (C=O) groups is 2. The van der Waals surface area contributed by atoms with E-state index in [4.69, 9.17) is 0 Å². The number of ketones is 2. The minimum absolute atomic E-state index is 0.0485. The first-order valence-corrected chi connectivity index (χ1v) is 13.8. The van der Waals surface area contributed by atoms with Crippen molar-refractivity contribution in [3.05, 3.63) is 59.2 Å². The van der Waals surface area contributed by atoms with Crippen LogP contribution in [0.5, 0.6) is 0 Å². The maximum Gasteiger partial charge on any atom is 0.178 e. The van der Waals surface area contributed by atoms with Gasteiger partial charge in [-0.2, -0.15) is 0 Å². The molecule has 1 aromatic carbocycles. The Labute approximate surface area is 222 Å². The van der Waals surface area contributed by atoms with Gasteiger partial charge < -0.3 is 10.2 Å². The van der Waals surface area contributed by atoms with Crippen LogP contribution in [0.3, 0.4) is 0 Å². The number of halogens is 2. The number of rotatable bonds is 4. The molecule has 38 heavy (non-hydrogen) atoms. The van der Waals surface area contributed by atoms with E-state index in [9.17, 15) is 19.8 Å². The largest absolute Gasteiger partial charge is 0.390 e. The van der Waals surface area contributed by atoms with Crippen molar-refractivity contribution >= 4 is 11.6 Å². The van der Waals surface area contributed by atoms with Crippen molar-refractivity contribution in [2.45, 2.75) is 64.5 Å². The summed E-state index contributed by atoms with van der Waals surface area (Å²) in [7, 11) is 0. The molecule has 2 N–H and O–H groups in total. The molecule has 0 bridgehead atoms. The van der Waals surface area contributed by atoms with Crippen LogP contribution in [0.4, 0.5) is 8.78 Å². The molecular formula is C31H37F2NO4. The Balaban J connectivity index is 1.39. The van der Waals surface area contributed by atoms with Gasteiger partial charge in [-0.05, 0) is 73.6 Å². The van der Waals surface area contributed by atoms with Gasteiger partial charge in [-0.25, -0.2) is 8.78 Å². The van der Waals surface area contributed by atoms with Crippen LogP contribution in [-0.2, 0) is 16.1 Å². The number of Topliss-reactive ketones (excluding diaryl/α,β-unsaturated/α-hetero) is 1. The number of aliphatic hydroxyl groups is 2. The summed E-state index contributed by atoms with van der Waals surface area (Å²) in [6, 6.07) is 8.27.